The molecule has 1 N–H and O–H groups in total. The lowest BCUT2D eigenvalue weighted by molar-refractivity contribution is 0.0924. The highest BCUT2D eigenvalue weighted by Gasteiger charge is 2.23. The molecular weight excluding hydrogens is 360 g/mol. The molecule has 2 aromatic carbocycles. The Labute approximate surface area is 175 Å². The van der Waals surface area contributed by atoms with E-state index in [9.17, 15) is 4.79 Å². The summed E-state index contributed by atoms with van der Waals surface area (Å²) in [6.45, 7) is 7.73. The monoisotopic (exact) mass is 394 g/mol. The molecule has 1 saturated heterocycles. The van der Waals surface area contributed by atoms with E-state index in [1.54, 1.807) is 0 Å². The van der Waals surface area contributed by atoms with Gasteiger partial charge in [-0.3, -0.25) is 9.69 Å². The largest absolute Gasteiger partial charge is 0.494 e. The van der Waals surface area contributed by atoms with Crippen molar-refractivity contribution >= 4 is 5.91 Å². The third-order valence-electron chi connectivity index (χ3n) is 5.61. The average molecular weight is 395 g/mol. The Morgan fingerprint density at radius 3 is 2.59 bits per heavy atom. The lowest BCUT2D eigenvalue weighted by Crippen LogP contribution is -2.40. The number of hydrogen-bond donors (Lipinski definition) is 1. The summed E-state index contributed by atoms with van der Waals surface area (Å²) in [5.41, 5.74) is 3.19. The maximum absolute atomic E-state index is 12.8. The minimum atomic E-state index is -0.0416. The Morgan fingerprint density at radius 2 is 1.86 bits per heavy atom. The molecule has 1 aliphatic rings. The Balaban J connectivity index is 1.66. The summed E-state index contributed by atoms with van der Waals surface area (Å²) in [7, 11) is 0. The van der Waals surface area contributed by atoms with Crippen LogP contribution in [0, 0.1) is 6.92 Å². The molecule has 0 aromatic heterocycles. The highest BCUT2D eigenvalue weighted by molar-refractivity contribution is 5.94. The number of likely N-dealkylation sites (tertiary alicyclic amines) is 1. The van der Waals surface area contributed by atoms with Gasteiger partial charge in [-0.2, -0.15) is 0 Å². The van der Waals surface area contributed by atoms with Crippen LogP contribution in [0.3, 0.4) is 0 Å². The van der Waals surface area contributed by atoms with Gasteiger partial charge in [-0.25, -0.2) is 0 Å². The number of ether oxygens (including phenoxy) is 1. The topological polar surface area (TPSA) is 41.6 Å². The molecule has 1 amide bonds. The quantitative estimate of drug-likeness (QED) is 0.600. The lowest BCUT2D eigenvalue weighted by atomic mass is 10.0. The molecule has 3 rings (SSSR count). The van der Waals surface area contributed by atoms with E-state index in [1.165, 1.54) is 30.4 Å². The summed E-state index contributed by atoms with van der Waals surface area (Å²) in [6, 6.07) is 16.4. The number of amides is 1. The zero-order valence-corrected chi connectivity index (χ0v) is 17.8. The highest BCUT2D eigenvalue weighted by atomic mass is 16.5. The summed E-state index contributed by atoms with van der Waals surface area (Å²) in [5.74, 6) is 0.720. The van der Waals surface area contributed by atoms with Crippen LogP contribution in [0.5, 0.6) is 5.75 Å². The molecule has 1 aliphatic heterocycles. The summed E-state index contributed by atoms with van der Waals surface area (Å²) in [5, 5.41) is 3.17. The number of nitrogens with one attached hydrogen (secondary N) is 1. The molecule has 1 atom stereocenters. The van der Waals surface area contributed by atoms with Crippen LogP contribution < -0.4 is 10.1 Å². The second kappa shape index (κ2) is 11.0. The minimum absolute atomic E-state index is 0.0416. The molecule has 29 heavy (non-hydrogen) atoms. The molecule has 1 heterocycles. The fraction of sp³-hybridized carbons (Fsp3) is 0.480. The lowest BCUT2D eigenvalue weighted by Gasteiger charge is -2.35. The van der Waals surface area contributed by atoms with Crippen molar-refractivity contribution in [3.05, 3.63) is 65.2 Å². The first-order chi connectivity index (χ1) is 14.2. The molecule has 1 unspecified atom stereocenters. The molecular formula is C25H34N2O2. The molecule has 0 bridgehead atoms. The van der Waals surface area contributed by atoms with Crippen molar-refractivity contribution in [1.29, 1.82) is 0 Å². The molecule has 4 heteroatoms. The van der Waals surface area contributed by atoms with Gasteiger partial charge in [0.25, 0.3) is 5.91 Å². The molecule has 0 radical (unpaired) electrons. The Bertz CT molecular complexity index is 767. The number of carbonyl (C=O) groups is 1. The fourth-order valence-electron chi connectivity index (χ4n) is 3.83. The van der Waals surface area contributed by atoms with Crippen molar-refractivity contribution in [2.75, 3.05) is 26.2 Å². The number of benzene rings is 2. The number of carbonyl (C=O) groups excluding carboxylic acids is 1. The normalized spacial score (nSPS) is 15.7. The molecule has 2 aromatic rings. The minimum Gasteiger partial charge on any atom is -0.494 e. The van der Waals surface area contributed by atoms with Crippen LogP contribution >= 0.6 is 0 Å². The fourth-order valence-corrected chi connectivity index (χ4v) is 3.83. The van der Waals surface area contributed by atoms with Crippen molar-refractivity contribution in [3.8, 4) is 5.75 Å². The summed E-state index contributed by atoms with van der Waals surface area (Å²) in [6.07, 6.45) is 5.87. The maximum atomic E-state index is 12.8. The highest BCUT2D eigenvalue weighted by Crippen LogP contribution is 2.25. The van der Waals surface area contributed by atoms with Crippen LogP contribution in [-0.2, 0) is 0 Å². The number of aryl methyl sites for hydroxylation is 1. The van der Waals surface area contributed by atoms with Crippen LogP contribution in [0.2, 0.25) is 0 Å². The van der Waals surface area contributed by atoms with Gasteiger partial charge >= 0.3 is 0 Å². The van der Waals surface area contributed by atoms with Gasteiger partial charge in [0.1, 0.15) is 5.75 Å². The third kappa shape index (κ3) is 6.33. The first-order valence-electron chi connectivity index (χ1n) is 11.0. The Hall–Kier alpha value is -2.33. The van der Waals surface area contributed by atoms with Gasteiger partial charge in [0.2, 0.25) is 0 Å². The van der Waals surface area contributed by atoms with Gasteiger partial charge < -0.3 is 10.1 Å². The molecule has 4 nitrogen and oxygen atoms in total. The average Bonchev–Trinajstić information content (AvgIpc) is 2.76. The predicted molar refractivity (Wildman–Crippen MR) is 119 cm³/mol. The number of unbranched alkanes of at least 4 members (excludes halogenated alkanes) is 1. The SMILES string of the molecule is CCCCOc1cccc(C(=O)NCC(c2ccc(C)cc2)N2CCCCC2)c1. The maximum Gasteiger partial charge on any atom is 0.251 e. The number of piperidine rings is 1. The van der Waals surface area contributed by atoms with E-state index in [-0.39, 0.29) is 11.9 Å². The van der Waals surface area contributed by atoms with E-state index in [2.05, 4.69) is 48.3 Å². The Kier molecular flexibility index (Phi) is 8.12. The van der Waals surface area contributed by atoms with Gasteiger partial charge in [0, 0.05) is 12.1 Å². The zero-order chi connectivity index (χ0) is 20.5. The van der Waals surface area contributed by atoms with Crippen LogP contribution in [0.1, 0.15) is 66.6 Å². The van der Waals surface area contributed by atoms with E-state index in [0.29, 0.717) is 18.7 Å². The summed E-state index contributed by atoms with van der Waals surface area (Å²) >= 11 is 0. The van der Waals surface area contributed by atoms with Crippen LogP contribution in [0.4, 0.5) is 0 Å². The number of nitrogens with zero attached hydrogens (tertiary/aromatic N) is 1. The van der Waals surface area contributed by atoms with Crippen LogP contribution in [0.15, 0.2) is 48.5 Å². The van der Waals surface area contributed by atoms with Gasteiger partial charge in [-0.1, -0.05) is 55.7 Å². The summed E-state index contributed by atoms with van der Waals surface area (Å²) in [4.78, 5) is 15.3. The van der Waals surface area contributed by atoms with Crippen molar-refractivity contribution in [3.63, 3.8) is 0 Å². The predicted octanol–water partition coefficient (Wildman–Crippen LogP) is 5.13. The standard InChI is InChI=1S/C25H34N2O2/c1-3-4-17-29-23-10-8-9-22(18-23)25(28)26-19-24(27-15-6-5-7-16-27)21-13-11-20(2)12-14-21/h8-14,18,24H,3-7,15-17,19H2,1-2H3,(H,26,28). The van der Waals surface area contributed by atoms with E-state index in [0.717, 1.165) is 31.7 Å². The van der Waals surface area contributed by atoms with Crippen LogP contribution in [-0.4, -0.2) is 37.0 Å². The molecule has 1 fully saturated rings. The van der Waals surface area contributed by atoms with Crippen molar-refractivity contribution < 1.29 is 9.53 Å². The van der Waals surface area contributed by atoms with Crippen molar-refractivity contribution in [2.45, 2.75) is 52.0 Å². The van der Waals surface area contributed by atoms with Gasteiger partial charge in [-0.15, -0.1) is 0 Å². The smallest absolute Gasteiger partial charge is 0.251 e. The summed E-state index contributed by atoms with van der Waals surface area (Å²) < 4.78 is 5.75. The van der Waals surface area contributed by atoms with Crippen molar-refractivity contribution in [2.24, 2.45) is 0 Å². The zero-order valence-electron chi connectivity index (χ0n) is 17.8. The van der Waals surface area contributed by atoms with Crippen molar-refractivity contribution in [1.82, 2.24) is 10.2 Å². The van der Waals surface area contributed by atoms with E-state index in [1.807, 2.05) is 24.3 Å². The van der Waals surface area contributed by atoms with Gasteiger partial charge in [0.15, 0.2) is 0 Å². The van der Waals surface area contributed by atoms with E-state index < -0.39 is 0 Å². The van der Waals surface area contributed by atoms with E-state index >= 15 is 0 Å². The molecule has 0 spiro atoms. The molecule has 156 valence electrons. The van der Waals surface area contributed by atoms with Gasteiger partial charge in [0.05, 0.1) is 12.6 Å². The first-order valence-corrected chi connectivity index (χ1v) is 11.0. The number of rotatable bonds is 9. The van der Waals surface area contributed by atoms with Gasteiger partial charge in [-0.05, 0) is 63.0 Å². The second-order valence-corrected chi connectivity index (χ2v) is 7.96. The second-order valence-electron chi connectivity index (χ2n) is 7.96. The van der Waals surface area contributed by atoms with E-state index in [4.69, 9.17) is 4.74 Å². The molecule has 0 saturated carbocycles. The number of hydrogen-bond acceptors (Lipinski definition) is 3. The molecule has 0 aliphatic carbocycles. The third-order valence-corrected chi connectivity index (χ3v) is 5.61. The van der Waals surface area contributed by atoms with Crippen LogP contribution in [0.25, 0.3) is 0 Å². The first kappa shape index (κ1) is 21.4. The Morgan fingerprint density at radius 1 is 1.10 bits per heavy atom.